The van der Waals surface area contributed by atoms with Crippen molar-refractivity contribution in [1.82, 2.24) is 25.1 Å². The topological polar surface area (TPSA) is 81.9 Å². The second-order valence-corrected chi connectivity index (χ2v) is 6.01. The number of hydrogen-bond donors (Lipinski definition) is 1. The van der Waals surface area contributed by atoms with Crippen LogP contribution in [0.2, 0.25) is 5.15 Å². The van der Waals surface area contributed by atoms with Gasteiger partial charge >= 0.3 is 0 Å². The molecule has 1 saturated heterocycles. The summed E-state index contributed by atoms with van der Waals surface area (Å²) < 4.78 is 6.37. The molecule has 0 bridgehead atoms. The number of carbonyl (C=O) groups excluding carboxylic acids is 1. The summed E-state index contributed by atoms with van der Waals surface area (Å²) in [7, 11) is 0. The number of nitrogens with zero attached hydrogens (tertiary/aromatic N) is 4. The van der Waals surface area contributed by atoms with Crippen LogP contribution in [0.25, 0.3) is 11.0 Å². The van der Waals surface area contributed by atoms with E-state index in [0.29, 0.717) is 17.7 Å². The minimum absolute atomic E-state index is 0.0301. The minimum Gasteiger partial charge on any atom is -0.465 e. The molecule has 126 valence electrons. The number of aryl methyl sites for hydroxylation is 1. The van der Waals surface area contributed by atoms with Gasteiger partial charge < -0.3 is 10.1 Å². The van der Waals surface area contributed by atoms with Gasteiger partial charge in [-0.2, -0.15) is 5.10 Å². The Morgan fingerprint density at radius 1 is 1.39 bits per heavy atom. The SMILES string of the molecule is CC(C)OC=O.Cc1nn(C2CCNCC2)c2ncnc(Cl)c12. The van der Waals surface area contributed by atoms with Crippen molar-refractivity contribution in [3.8, 4) is 0 Å². The minimum atomic E-state index is 0.0301. The van der Waals surface area contributed by atoms with Gasteiger partial charge in [0.15, 0.2) is 5.65 Å². The van der Waals surface area contributed by atoms with Gasteiger partial charge in [0.1, 0.15) is 11.5 Å². The predicted octanol–water partition coefficient (Wildman–Crippen LogP) is 2.28. The van der Waals surface area contributed by atoms with Crippen molar-refractivity contribution in [3.05, 3.63) is 17.2 Å². The summed E-state index contributed by atoms with van der Waals surface area (Å²) in [4.78, 5) is 17.7. The summed E-state index contributed by atoms with van der Waals surface area (Å²) in [6.07, 6.45) is 3.70. The van der Waals surface area contributed by atoms with Crippen LogP contribution in [0.3, 0.4) is 0 Å². The normalized spacial score (nSPS) is 15.3. The van der Waals surface area contributed by atoms with Crippen LogP contribution in [0.4, 0.5) is 0 Å². The third kappa shape index (κ3) is 4.39. The fourth-order valence-corrected chi connectivity index (χ4v) is 2.78. The molecule has 0 unspecified atom stereocenters. The molecular weight excluding hydrogens is 318 g/mol. The van der Waals surface area contributed by atoms with Crippen molar-refractivity contribution >= 4 is 29.1 Å². The zero-order chi connectivity index (χ0) is 16.8. The van der Waals surface area contributed by atoms with E-state index in [1.807, 2.05) is 11.6 Å². The lowest BCUT2D eigenvalue weighted by molar-refractivity contribution is -0.131. The predicted molar refractivity (Wildman–Crippen MR) is 88.5 cm³/mol. The van der Waals surface area contributed by atoms with Gasteiger partial charge in [-0.1, -0.05) is 11.6 Å². The lowest BCUT2D eigenvalue weighted by Crippen LogP contribution is -2.30. The Bertz CT molecular complexity index is 653. The molecule has 0 radical (unpaired) electrons. The number of halogens is 1. The number of carbonyl (C=O) groups is 1. The summed E-state index contributed by atoms with van der Waals surface area (Å²) in [6, 6.07) is 0.415. The maximum Gasteiger partial charge on any atom is 0.293 e. The van der Waals surface area contributed by atoms with Crippen molar-refractivity contribution in [2.24, 2.45) is 0 Å². The Hall–Kier alpha value is -1.73. The van der Waals surface area contributed by atoms with Crippen LogP contribution < -0.4 is 5.32 Å². The zero-order valence-corrected chi connectivity index (χ0v) is 14.4. The highest BCUT2D eigenvalue weighted by Gasteiger charge is 2.21. The first-order chi connectivity index (χ1) is 11.0. The molecule has 2 aromatic rings. The number of piperidine rings is 1. The van der Waals surface area contributed by atoms with E-state index >= 15 is 0 Å². The lowest BCUT2D eigenvalue weighted by Gasteiger charge is -2.23. The fraction of sp³-hybridized carbons (Fsp3) is 0.600. The van der Waals surface area contributed by atoms with E-state index in [-0.39, 0.29) is 6.10 Å². The molecule has 1 aliphatic rings. The molecule has 0 spiro atoms. The molecule has 1 N–H and O–H groups in total. The summed E-state index contributed by atoms with van der Waals surface area (Å²) in [6.45, 7) is 8.07. The molecule has 23 heavy (non-hydrogen) atoms. The highest BCUT2D eigenvalue weighted by atomic mass is 35.5. The molecular formula is C15H22ClN5O2. The quantitative estimate of drug-likeness (QED) is 0.682. The van der Waals surface area contributed by atoms with Crippen molar-refractivity contribution in [2.75, 3.05) is 13.1 Å². The van der Waals surface area contributed by atoms with E-state index in [0.717, 1.165) is 42.7 Å². The largest absolute Gasteiger partial charge is 0.465 e. The molecule has 2 aromatic heterocycles. The van der Waals surface area contributed by atoms with Gasteiger partial charge in [-0.05, 0) is 46.7 Å². The Labute approximate surface area is 140 Å². The van der Waals surface area contributed by atoms with Crippen LogP contribution in [0.15, 0.2) is 6.33 Å². The Balaban J connectivity index is 0.000000277. The monoisotopic (exact) mass is 339 g/mol. The molecule has 3 rings (SSSR count). The highest BCUT2D eigenvalue weighted by molar-refractivity contribution is 6.34. The van der Waals surface area contributed by atoms with Gasteiger partial charge in [0.05, 0.1) is 23.2 Å². The van der Waals surface area contributed by atoms with Gasteiger partial charge in [-0.15, -0.1) is 0 Å². The Kier molecular flexibility index (Phi) is 6.29. The summed E-state index contributed by atoms with van der Waals surface area (Å²) in [5, 5.41) is 9.30. The molecule has 0 amide bonds. The van der Waals surface area contributed by atoms with Crippen LogP contribution >= 0.6 is 11.6 Å². The summed E-state index contributed by atoms with van der Waals surface area (Å²) in [5.41, 5.74) is 1.76. The van der Waals surface area contributed by atoms with Gasteiger partial charge in [0.2, 0.25) is 0 Å². The first-order valence-electron chi connectivity index (χ1n) is 7.69. The van der Waals surface area contributed by atoms with Crippen LogP contribution in [0.1, 0.15) is 38.4 Å². The first kappa shape index (κ1) is 17.6. The molecule has 0 saturated carbocycles. The van der Waals surface area contributed by atoms with Gasteiger partial charge in [0.25, 0.3) is 6.47 Å². The number of aromatic nitrogens is 4. The lowest BCUT2D eigenvalue weighted by atomic mass is 10.1. The number of fused-ring (bicyclic) bond motifs is 1. The molecule has 1 aliphatic heterocycles. The molecule has 3 heterocycles. The van der Waals surface area contributed by atoms with Crippen LogP contribution in [-0.4, -0.2) is 45.4 Å². The fourth-order valence-electron chi connectivity index (χ4n) is 2.52. The summed E-state index contributed by atoms with van der Waals surface area (Å²) >= 11 is 6.10. The average Bonchev–Trinajstić information content (AvgIpc) is 2.87. The maximum absolute atomic E-state index is 9.39. The van der Waals surface area contributed by atoms with E-state index in [1.165, 1.54) is 6.33 Å². The third-order valence-electron chi connectivity index (χ3n) is 3.60. The maximum atomic E-state index is 9.39. The van der Waals surface area contributed by atoms with Crippen molar-refractivity contribution in [1.29, 1.82) is 0 Å². The van der Waals surface area contributed by atoms with Gasteiger partial charge in [-0.25, -0.2) is 14.6 Å². The van der Waals surface area contributed by atoms with E-state index < -0.39 is 0 Å². The third-order valence-corrected chi connectivity index (χ3v) is 3.89. The number of ether oxygens (including phenoxy) is 1. The number of rotatable bonds is 3. The zero-order valence-electron chi connectivity index (χ0n) is 13.6. The van der Waals surface area contributed by atoms with Crippen LogP contribution in [-0.2, 0) is 9.53 Å². The number of nitrogens with one attached hydrogen (secondary N) is 1. The second kappa shape index (κ2) is 8.21. The van der Waals surface area contributed by atoms with Gasteiger partial charge in [0, 0.05) is 0 Å². The highest BCUT2D eigenvalue weighted by Crippen LogP contribution is 2.27. The molecule has 0 atom stereocenters. The molecule has 8 heteroatoms. The second-order valence-electron chi connectivity index (χ2n) is 5.66. The molecule has 1 fully saturated rings. The van der Waals surface area contributed by atoms with E-state index in [9.17, 15) is 4.79 Å². The van der Waals surface area contributed by atoms with Crippen molar-refractivity contribution in [2.45, 2.75) is 45.8 Å². The van der Waals surface area contributed by atoms with Crippen LogP contribution in [0, 0.1) is 6.92 Å². The molecule has 0 aliphatic carbocycles. The van der Waals surface area contributed by atoms with E-state index in [4.69, 9.17) is 11.6 Å². The van der Waals surface area contributed by atoms with Crippen LogP contribution in [0.5, 0.6) is 0 Å². The Morgan fingerprint density at radius 2 is 2.09 bits per heavy atom. The van der Waals surface area contributed by atoms with E-state index in [1.54, 1.807) is 13.8 Å². The Morgan fingerprint density at radius 3 is 2.65 bits per heavy atom. The standard InChI is InChI=1S/C11H14ClN5.C4H8O2/c1-7-9-10(12)14-6-15-11(9)17(16-7)8-2-4-13-5-3-8;1-4(2)6-3-5/h6,8,13H,2-5H2,1H3;3-4H,1-2H3. The number of hydrogen-bond acceptors (Lipinski definition) is 6. The van der Waals surface area contributed by atoms with Gasteiger partial charge in [-0.3, -0.25) is 4.79 Å². The smallest absolute Gasteiger partial charge is 0.293 e. The molecule has 0 aromatic carbocycles. The summed E-state index contributed by atoms with van der Waals surface area (Å²) in [5.74, 6) is 0. The average molecular weight is 340 g/mol. The van der Waals surface area contributed by atoms with E-state index in [2.05, 4.69) is 25.1 Å². The first-order valence-corrected chi connectivity index (χ1v) is 8.07. The van der Waals surface area contributed by atoms with Crippen molar-refractivity contribution < 1.29 is 9.53 Å². The molecule has 7 nitrogen and oxygen atoms in total. The van der Waals surface area contributed by atoms with Crippen molar-refractivity contribution in [3.63, 3.8) is 0 Å².